The van der Waals surface area contributed by atoms with Gasteiger partial charge in [-0.2, -0.15) is 0 Å². The summed E-state index contributed by atoms with van der Waals surface area (Å²) in [6.45, 7) is 0.211. The Morgan fingerprint density at radius 1 is 1.25 bits per heavy atom. The number of halogens is 1. The lowest BCUT2D eigenvalue weighted by molar-refractivity contribution is 0.0153. The minimum Gasteiger partial charge on any atom is -0.397 e. The van der Waals surface area contributed by atoms with Gasteiger partial charge in [-0.1, -0.05) is 0 Å². The van der Waals surface area contributed by atoms with Crippen LogP contribution in [-0.4, -0.2) is 22.9 Å². The topological polar surface area (TPSA) is 119 Å². The summed E-state index contributed by atoms with van der Waals surface area (Å²) in [7, 11) is 0. The van der Waals surface area contributed by atoms with E-state index in [-0.39, 0.29) is 29.9 Å². The SMILES string of the molecule is NCCC(O)C(O)c1cc(F)cc(N)c1N. The maximum atomic E-state index is 13.1. The third-order valence-corrected chi connectivity index (χ3v) is 2.35. The molecule has 0 spiro atoms. The van der Waals surface area contributed by atoms with Gasteiger partial charge in [-0.15, -0.1) is 0 Å². The van der Waals surface area contributed by atoms with E-state index in [1.165, 1.54) is 0 Å². The molecule has 0 aliphatic rings. The predicted molar refractivity (Wildman–Crippen MR) is 59.9 cm³/mol. The first-order valence-corrected chi connectivity index (χ1v) is 4.88. The Balaban J connectivity index is 3.03. The molecule has 0 aliphatic heterocycles. The normalized spacial score (nSPS) is 14.8. The van der Waals surface area contributed by atoms with Gasteiger partial charge in [0.15, 0.2) is 0 Å². The van der Waals surface area contributed by atoms with Gasteiger partial charge in [0.1, 0.15) is 11.9 Å². The Kier molecular flexibility index (Phi) is 4.05. The van der Waals surface area contributed by atoms with Crippen LogP contribution in [0.15, 0.2) is 12.1 Å². The minimum absolute atomic E-state index is 0.0361. The van der Waals surface area contributed by atoms with Crippen LogP contribution in [0.3, 0.4) is 0 Å². The minimum atomic E-state index is -1.29. The highest BCUT2D eigenvalue weighted by atomic mass is 19.1. The third-order valence-electron chi connectivity index (χ3n) is 2.35. The number of aliphatic hydroxyl groups is 2. The monoisotopic (exact) mass is 229 g/mol. The number of rotatable bonds is 4. The third kappa shape index (κ3) is 2.60. The number of aliphatic hydroxyl groups excluding tert-OH is 2. The van der Waals surface area contributed by atoms with Crippen LogP contribution >= 0.6 is 0 Å². The van der Waals surface area contributed by atoms with Gasteiger partial charge in [0, 0.05) is 5.56 Å². The molecule has 1 aromatic rings. The molecule has 2 atom stereocenters. The van der Waals surface area contributed by atoms with Gasteiger partial charge in [-0.05, 0) is 25.1 Å². The smallest absolute Gasteiger partial charge is 0.125 e. The first kappa shape index (κ1) is 12.7. The molecule has 0 aliphatic carbocycles. The van der Waals surface area contributed by atoms with Gasteiger partial charge in [0.05, 0.1) is 17.5 Å². The average Bonchev–Trinajstić information content (AvgIpc) is 2.22. The van der Waals surface area contributed by atoms with E-state index in [1.807, 2.05) is 0 Å². The van der Waals surface area contributed by atoms with Crippen molar-refractivity contribution in [2.24, 2.45) is 5.73 Å². The van der Waals surface area contributed by atoms with Crippen molar-refractivity contribution in [2.45, 2.75) is 18.6 Å². The lowest BCUT2D eigenvalue weighted by atomic mass is 9.99. The molecule has 1 rings (SSSR count). The molecule has 0 radical (unpaired) electrons. The van der Waals surface area contributed by atoms with Crippen LogP contribution in [0.2, 0.25) is 0 Å². The van der Waals surface area contributed by atoms with Crippen molar-refractivity contribution in [3.05, 3.63) is 23.5 Å². The molecule has 0 saturated carbocycles. The quantitative estimate of drug-likeness (QED) is 0.455. The molecular weight excluding hydrogens is 213 g/mol. The lowest BCUT2D eigenvalue weighted by Gasteiger charge is -2.19. The highest BCUT2D eigenvalue weighted by Crippen LogP contribution is 2.29. The van der Waals surface area contributed by atoms with E-state index < -0.39 is 18.0 Å². The van der Waals surface area contributed by atoms with E-state index in [0.717, 1.165) is 12.1 Å². The lowest BCUT2D eigenvalue weighted by Crippen LogP contribution is -2.23. The predicted octanol–water partition coefficient (Wildman–Crippen LogP) is -0.267. The number of hydrogen-bond donors (Lipinski definition) is 5. The highest BCUT2D eigenvalue weighted by Gasteiger charge is 2.21. The molecule has 90 valence electrons. The van der Waals surface area contributed by atoms with Gasteiger partial charge in [0.25, 0.3) is 0 Å². The fraction of sp³-hybridized carbons (Fsp3) is 0.400. The van der Waals surface area contributed by atoms with Crippen LogP contribution in [0, 0.1) is 5.82 Å². The first-order chi connectivity index (χ1) is 7.47. The Hall–Kier alpha value is -1.37. The van der Waals surface area contributed by atoms with Gasteiger partial charge in [-0.3, -0.25) is 0 Å². The van der Waals surface area contributed by atoms with Gasteiger partial charge >= 0.3 is 0 Å². The molecule has 1 aromatic carbocycles. The average molecular weight is 229 g/mol. The number of hydrogen-bond acceptors (Lipinski definition) is 5. The van der Waals surface area contributed by atoms with Crippen molar-refractivity contribution in [1.29, 1.82) is 0 Å². The standard InChI is InChI=1S/C10H16FN3O2/c11-5-3-6(9(14)7(13)4-5)10(16)8(15)1-2-12/h3-4,8,10,15-16H,1-2,12-14H2. The van der Waals surface area contributed by atoms with Crippen LogP contribution in [0.4, 0.5) is 15.8 Å². The molecule has 0 amide bonds. The number of benzene rings is 1. The van der Waals surface area contributed by atoms with Crippen molar-refractivity contribution < 1.29 is 14.6 Å². The van der Waals surface area contributed by atoms with Crippen LogP contribution in [0.5, 0.6) is 0 Å². The highest BCUT2D eigenvalue weighted by molar-refractivity contribution is 5.68. The summed E-state index contributed by atoms with van der Waals surface area (Å²) in [6, 6.07) is 2.11. The summed E-state index contributed by atoms with van der Waals surface area (Å²) in [5, 5.41) is 19.3. The molecule has 0 bridgehead atoms. The number of nitrogens with two attached hydrogens (primary N) is 3. The van der Waals surface area contributed by atoms with Gasteiger partial charge in [-0.25, -0.2) is 4.39 Å². The number of anilines is 2. The summed E-state index contributed by atoms with van der Waals surface area (Å²) in [4.78, 5) is 0. The van der Waals surface area contributed by atoms with E-state index in [0.29, 0.717) is 0 Å². The molecule has 16 heavy (non-hydrogen) atoms. The molecule has 0 heterocycles. The number of nitrogen functional groups attached to an aromatic ring is 2. The zero-order valence-corrected chi connectivity index (χ0v) is 8.73. The summed E-state index contributed by atoms with van der Waals surface area (Å²) in [5.41, 5.74) is 16.5. The van der Waals surface area contributed by atoms with Gasteiger partial charge in [0.2, 0.25) is 0 Å². The molecule has 0 saturated heterocycles. The van der Waals surface area contributed by atoms with Crippen LogP contribution in [-0.2, 0) is 0 Å². The molecule has 8 N–H and O–H groups in total. The van der Waals surface area contributed by atoms with E-state index >= 15 is 0 Å². The molecule has 2 unspecified atom stereocenters. The summed E-state index contributed by atoms with van der Waals surface area (Å²) in [6.07, 6.45) is -2.19. The fourth-order valence-electron chi connectivity index (χ4n) is 1.44. The molecule has 0 fully saturated rings. The van der Waals surface area contributed by atoms with Crippen molar-refractivity contribution in [3.63, 3.8) is 0 Å². The Bertz CT molecular complexity index is 373. The van der Waals surface area contributed by atoms with Crippen molar-refractivity contribution in [1.82, 2.24) is 0 Å². The summed E-state index contributed by atoms with van der Waals surface area (Å²) in [5.74, 6) is -0.610. The molecule has 6 heteroatoms. The zero-order chi connectivity index (χ0) is 12.3. The molecule has 5 nitrogen and oxygen atoms in total. The largest absolute Gasteiger partial charge is 0.397 e. The summed E-state index contributed by atoms with van der Waals surface area (Å²) >= 11 is 0. The summed E-state index contributed by atoms with van der Waals surface area (Å²) < 4.78 is 13.1. The van der Waals surface area contributed by atoms with E-state index in [2.05, 4.69) is 0 Å². The van der Waals surface area contributed by atoms with Crippen LogP contribution in [0.1, 0.15) is 18.1 Å². The second-order valence-corrected chi connectivity index (χ2v) is 3.59. The van der Waals surface area contributed by atoms with Crippen molar-refractivity contribution >= 4 is 11.4 Å². The second-order valence-electron chi connectivity index (χ2n) is 3.59. The Morgan fingerprint density at radius 2 is 1.88 bits per heavy atom. The first-order valence-electron chi connectivity index (χ1n) is 4.88. The van der Waals surface area contributed by atoms with Crippen LogP contribution < -0.4 is 17.2 Å². The van der Waals surface area contributed by atoms with E-state index in [4.69, 9.17) is 17.2 Å². The van der Waals surface area contributed by atoms with Crippen molar-refractivity contribution in [3.8, 4) is 0 Å². The molecular formula is C10H16FN3O2. The maximum Gasteiger partial charge on any atom is 0.125 e. The molecule has 0 aromatic heterocycles. The second kappa shape index (κ2) is 5.11. The zero-order valence-electron chi connectivity index (χ0n) is 8.73. The van der Waals surface area contributed by atoms with Crippen LogP contribution in [0.25, 0.3) is 0 Å². The Morgan fingerprint density at radius 3 is 2.44 bits per heavy atom. The van der Waals surface area contributed by atoms with E-state index in [9.17, 15) is 14.6 Å². The Labute approximate surface area is 92.7 Å². The fourth-order valence-corrected chi connectivity index (χ4v) is 1.44. The van der Waals surface area contributed by atoms with E-state index in [1.54, 1.807) is 0 Å². The maximum absolute atomic E-state index is 13.1. The van der Waals surface area contributed by atoms with Crippen molar-refractivity contribution in [2.75, 3.05) is 18.0 Å². The van der Waals surface area contributed by atoms with Gasteiger partial charge < -0.3 is 27.4 Å².